The van der Waals surface area contributed by atoms with E-state index in [4.69, 9.17) is 11.5 Å². The first-order valence-corrected chi connectivity index (χ1v) is 8.21. The summed E-state index contributed by atoms with van der Waals surface area (Å²) in [6, 6.07) is 9.21. The number of anilines is 1. The van der Waals surface area contributed by atoms with Crippen LogP contribution in [0.1, 0.15) is 49.3 Å². The number of rotatable bonds is 2. The lowest BCUT2D eigenvalue weighted by atomic mass is 9.93. The highest BCUT2D eigenvalue weighted by atomic mass is 16.3. The largest absolute Gasteiger partial charge is 0.507 e. The maximum absolute atomic E-state index is 10.1. The molecule has 3 rings (SSSR count). The van der Waals surface area contributed by atoms with Gasteiger partial charge in [0.15, 0.2) is 5.82 Å². The van der Waals surface area contributed by atoms with E-state index in [0.717, 1.165) is 32.1 Å². The molecule has 1 aliphatic carbocycles. The van der Waals surface area contributed by atoms with Crippen molar-refractivity contribution in [3.05, 3.63) is 35.5 Å². The van der Waals surface area contributed by atoms with Gasteiger partial charge in [-0.05, 0) is 37.8 Å². The number of aromatic hydroxyl groups is 1. The topological polar surface area (TPSA) is 122 Å². The standard InChI is InChI=1S/C18H21N5O/c19-10-14-16(11-4-3-5-12(20)9-8-11)22-18(23-17(14)21)13-6-1-2-7-15(13)24/h1-2,6-7,11-12,24H,3-5,8-9,20H2,(H2,21,22,23). The number of phenols is 1. The number of nitrogens with two attached hydrogens (primary N) is 2. The number of nitrogen functional groups attached to an aromatic ring is 1. The Morgan fingerprint density at radius 1 is 1.12 bits per heavy atom. The fourth-order valence-electron chi connectivity index (χ4n) is 3.29. The Morgan fingerprint density at radius 3 is 2.67 bits per heavy atom. The van der Waals surface area contributed by atoms with Crippen LogP contribution in [0, 0.1) is 11.3 Å². The fourth-order valence-corrected chi connectivity index (χ4v) is 3.29. The number of hydrogen-bond donors (Lipinski definition) is 3. The Kier molecular flexibility index (Phi) is 4.63. The molecule has 1 fully saturated rings. The molecule has 2 aromatic rings. The third-order valence-electron chi connectivity index (χ3n) is 4.62. The van der Waals surface area contributed by atoms with Gasteiger partial charge in [-0.1, -0.05) is 18.6 Å². The first-order valence-electron chi connectivity index (χ1n) is 8.21. The third-order valence-corrected chi connectivity index (χ3v) is 4.62. The molecule has 2 atom stereocenters. The minimum atomic E-state index is 0.0930. The summed E-state index contributed by atoms with van der Waals surface area (Å²) in [5, 5.41) is 19.5. The number of hydrogen-bond acceptors (Lipinski definition) is 6. The van der Waals surface area contributed by atoms with E-state index in [2.05, 4.69) is 16.0 Å². The number of para-hydroxylation sites is 1. The highest BCUT2D eigenvalue weighted by molar-refractivity contribution is 5.66. The van der Waals surface area contributed by atoms with E-state index < -0.39 is 0 Å². The molecule has 6 nitrogen and oxygen atoms in total. The third kappa shape index (κ3) is 3.17. The number of benzene rings is 1. The molecule has 5 N–H and O–H groups in total. The maximum Gasteiger partial charge on any atom is 0.165 e. The Labute approximate surface area is 141 Å². The van der Waals surface area contributed by atoms with E-state index >= 15 is 0 Å². The number of phenolic OH excluding ortho intramolecular Hbond substituents is 1. The van der Waals surface area contributed by atoms with Crippen LogP contribution in [0.15, 0.2) is 24.3 Å². The van der Waals surface area contributed by atoms with Crippen LogP contribution in [-0.4, -0.2) is 21.1 Å². The summed E-state index contributed by atoms with van der Waals surface area (Å²) in [7, 11) is 0. The predicted octanol–water partition coefficient (Wildman–Crippen LogP) is 2.68. The lowest BCUT2D eigenvalue weighted by Crippen LogP contribution is -2.18. The van der Waals surface area contributed by atoms with Crippen molar-refractivity contribution in [2.75, 3.05) is 5.73 Å². The summed E-state index contributed by atoms with van der Waals surface area (Å²) < 4.78 is 0. The molecule has 0 saturated heterocycles. The molecule has 0 bridgehead atoms. The van der Waals surface area contributed by atoms with Gasteiger partial charge in [0, 0.05) is 12.0 Å². The Bertz CT molecular complexity index is 783. The van der Waals surface area contributed by atoms with Gasteiger partial charge in [-0.3, -0.25) is 0 Å². The average Bonchev–Trinajstić information content (AvgIpc) is 2.79. The number of aromatic nitrogens is 2. The zero-order valence-corrected chi connectivity index (χ0v) is 13.4. The molecule has 1 aromatic carbocycles. The number of nitriles is 1. The zero-order valence-electron chi connectivity index (χ0n) is 13.4. The molecule has 24 heavy (non-hydrogen) atoms. The molecule has 1 saturated carbocycles. The Morgan fingerprint density at radius 2 is 1.92 bits per heavy atom. The van der Waals surface area contributed by atoms with Crippen molar-refractivity contribution in [2.45, 2.75) is 44.1 Å². The summed E-state index contributed by atoms with van der Waals surface area (Å²) in [5.74, 6) is 0.751. The van der Waals surface area contributed by atoms with Gasteiger partial charge < -0.3 is 16.6 Å². The molecular formula is C18H21N5O. The van der Waals surface area contributed by atoms with E-state index in [1.165, 1.54) is 0 Å². The van der Waals surface area contributed by atoms with Gasteiger partial charge in [0.2, 0.25) is 0 Å². The zero-order chi connectivity index (χ0) is 17.1. The first-order chi connectivity index (χ1) is 11.6. The molecule has 1 heterocycles. The second-order valence-corrected chi connectivity index (χ2v) is 6.29. The molecular weight excluding hydrogens is 302 g/mol. The summed E-state index contributed by atoms with van der Waals surface area (Å²) >= 11 is 0. The van der Waals surface area contributed by atoms with Gasteiger partial charge in [0.1, 0.15) is 23.2 Å². The first kappa shape index (κ1) is 16.2. The van der Waals surface area contributed by atoms with Crippen LogP contribution in [0.5, 0.6) is 5.75 Å². The molecule has 0 amide bonds. The molecule has 124 valence electrons. The van der Waals surface area contributed by atoms with E-state index in [1.54, 1.807) is 24.3 Å². The van der Waals surface area contributed by atoms with Gasteiger partial charge in [0.05, 0.1) is 11.3 Å². The van der Waals surface area contributed by atoms with Crippen LogP contribution < -0.4 is 11.5 Å². The van der Waals surface area contributed by atoms with Crippen LogP contribution in [0.2, 0.25) is 0 Å². The van der Waals surface area contributed by atoms with E-state index in [-0.39, 0.29) is 23.5 Å². The van der Waals surface area contributed by atoms with Crippen molar-refractivity contribution in [1.29, 1.82) is 5.26 Å². The number of nitrogens with zero attached hydrogens (tertiary/aromatic N) is 3. The molecule has 1 aliphatic rings. The quantitative estimate of drug-likeness (QED) is 0.730. The van der Waals surface area contributed by atoms with Crippen LogP contribution in [0.25, 0.3) is 11.4 Å². The van der Waals surface area contributed by atoms with E-state index in [9.17, 15) is 10.4 Å². The molecule has 0 spiro atoms. The van der Waals surface area contributed by atoms with E-state index in [1.807, 2.05) is 0 Å². The minimum Gasteiger partial charge on any atom is -0.507 e. The Hall–Kier alpha value is -2.65. The molecule has 6 heteroatoms. The second-order valence-electron chi connectivity index (χ2n) is 6.29. The predicted molar refractivity (Wildman–Crippen MR) is 92.1 cm³/mol. The van der Waals surface area contributed by atoms with Crippen molar-refractivity contribution in [3.63, 3.8) is 0 Å². The van der Waals surface area contributed by atoms with Crippen molar-refractivity contribution < 1.29 is 5.11 Å². The van der Waals surface area contributed by atoms with Gasteiger partial charge in [-0.25, -0.2) is 9.97 Å². The van der Waals surface area contributed by atoms with Gasteiger partial charge >= 0.3 is 0 Å². The lowest BCUT2D eigenvalue weighted by Gasteiger charge is -2.17. The van der Waals surface area contributed by atoms with Crippen LogP contribution in [0.3, 0.4) is 0 Å². The SMILES string of the molecule is N#Cc1c(N)nc(-c2ccccc2O)nc1C1CCCC(N)CC1. The molecule has 1 aromatic heterocycles. The van der Waals surface area contributed by atoms with Gasteiger partial charge in [-0.15, -0.1) is 0 Å². The summed E-state index contributed by atoms with van der Waals surface area (Å²) in [5.41, 5.74) is 13.6. The highest BCUT2D eigenvalue weighted by Crippen LogP contribution is 2.35. The van der Waals surface area contributed by atoms with Gasteiger partial charge in [-0.2, -0.15) is 5.26 Å². The van der Waals surface area contributed by atoms with Crippen LogP contribution in [-0.2, 0) is 0 Å². The van der Waals surface area contributed by atoms with Crippen molar-refractivity contribution in [2.24, 2.45) is 5.73 Å². The summed E-state index contributed by atoms with van der Waals surface area (Å²) in [4.78, 5) is 8.84. The Balaban J connectivity index is 2.08. The molecule has 2 unspecified atom stereocenters. The second kappa shape index (κ2) is 6.85. The molecule has 0 radical (unpaired) electrons. The monoisotopic (exact) mass is 323 g/mol. The van der Waals surface area contributed by atoms with Crippen molar-refractivity contribution >= 4 is 5.82 Å². The normalized spacial score (nSPS) is 21.0. The minimum absolute atomic E-state index is 0.0930. The van der Waals surface area contributed by atoms with Gasteiger partial charge in [0.25, 0.3) is 0 Å². The highest BCUT2D eigenvalue weighted by Gasteiger charge is 2.25. The van der Waals surface area contributed by atoms with Crippen LogP contribution in [0.4, 0.5) is 5.82 Å². The maximum atomic E-state index is 10.1. The summed E-state index contributed by atoms with van der Waals surface area (Å²) in [6.07, 6.45) is 4.72. The van der Waals surface area contributed by atoms with E-state index in [0.29, 0.717) is 22.6 Å². The molecule has 0 aliphatic heterocycles. The van der Waals surface area contributed by atoms with Crippen molar-refractivity contribution in [1.82, 2.24) is 9.97 Å². The lowest BCUT2D eigenvalue weighted by molar-refractivity contribution is 0.476. The van der Waals surface area contributed by atoms with Crippen molar-refractivity contribution in [3.8, 4) is 23.2 Å². The smallest absolute Gasteiger partial charge is 0.165 e. The fraction of sp³-hybridized carbons (Fsp3) is 0.389. The summed E-state index contributed by atoms with van der Waals surface area (Å²) in [6.45, 7) is 0. The van der Waals surface area contributed by atoms with Crippen LogP contribution >= 0.6 is 0 Å². The average molecular weight is 323 g/mol.